The first-order valence-corrected chi connectivity index (χ1v) is 5.61. The van der Waals surface area contributed by atoms with E-state index < -0.39 is 5.91 Å². The molecule has 0 aromatic rings. The predicted octanol–water partition coefficient (Wildman–Crippen LogP) is 1.26. The van der Waals surface area contributed by atoms with Crippen molar-refractivity contribution >= 4 is 11.8 Å². The summed E-state index contributed by atoms with van der Waals surface area (Å²) in [5.41, 5.74) is 4.55. The SMILES string of the molecule is CCCCC(CC)C(=O)NNC(=O)CC#N. The Morgan fingerprint density at radius 1 is 1.31 bits per heavy atom. The summed E-state index contributed by atoms with van der Waals surface area (Å²) in [5, 5.41) is 8.25. The molecule has 16 heavy (non-hydrogen) atoms. The summed E-state index contributed by atoms with van der Waals surface area (Å²) < 4.78 is 0. The first-order chi connectivity index (χ1) is 7.65. The van der Waals surface area contributed by atoms with Gasteiger partial charge in [0.2, 0.25) is 5.91 Å². The summed E-state index contributed by atoms with van der Waals surface area (Å²) >= 11 is 0. The van der Waals surface area contributed by atoms with Gasteiger partial charge in [-0.1, -0.05) is 26.7 Å². The maximum absolute atomic E-state index is 11.6. The fourth-order valence-corrected chi connectivity index (χ4v) is 1.32. The summed E-state index contributed by atoms with van der Waals surface area (Å²) in [4.78, 5) is 22.5. The van der Waals surface area contributed by atoms with Gasteiger partial charge in [0.25, 0.3) is 5.91 Å². The minimum Gasteiger partial charge on any atom is -0.273 e. The molecule has 0 heterocycles. The Kier molecular flexibility index (Phi) is 7.86. The minimum atomic E-state index is -0.485. The third-order valence-electron chi connectivity index (χ3n) is 2.33. The summed E-state index contributed by atoms with van der Waals surface area (Å²) in [6.45, 7) is 4.01. The molecule has 0 aromatic heterocycles. The lowest BCUT2D eigenvalue weighted by Crippen LogP contribution is -2.44. The summed E-state index contributed by atoms with van der Waals surface area (Å²) in [6.07, 6.45) is 3.38. The zero-order chi connectivity index (χ0) is 12.4. The number of carbonyl (C=O) groups excluding carboxylic acids is 2. The molecule has 0 rings (SSSR count). The molecule has 0 saturated heterocycles. The van der Waals surface area contributed by atoms with Crippen molar-refractivity contribution in [3.05, 3.63) is 0 Å². The van der Waals surface area contributed by atoms with Crippen LogP contribution < -0.4 is 10.9 Å². The molecule has 0 radical (unpaired) electrons. The van der Waals surface area contributed by atoms with Crippen LogP contribution in [0.25, 0.3) is 0 Å². The monoisotopic (exact) mass is 225 g/mol. The normalized spacial score (nSPS) is 11.3. The average molecular weight is 225 g/mol. The van der Waals surface area contributed by atoms with Gasteiger partial charge < -0.3 is 0 Å². The lowest BCUT2D eigenvalue weighted by atomic mass is 9.99. The Morgan fingerprint density at radius 3 is 2.50 bits per heavy atom. The first-order valence-electron chi connectivity index (χ1n) is 5.61. The fraction of sp³-hybridized carbons (Fsp3) is 0.727. The minimum absolute atomic E-state index is 0.0673. The molecule has 0 bridgehead atoms. The van der Waals surface area contributed by atoms with Crippen molar-refractivity contribution < 1.29 is 9.59 Å². The van der Waals surface area contributed by atoms with E-state index in [1.807, 2.05) is 6.92 Å². The first kappa shape index (κ1) is 14.4. The van der Waals surface area contributed by atoms with E-state index in [0.717, 1.165) is 25.7 Å². The van der Waals surface area contributed by atoms with Gasteiger partial charge in [-0.05, 0) is 12.8 Å². The number of hydrazine groups is 1. The summed E-state index contributed by atoms with van der Waals surface area (Å²) in [5.74, 6) is -0.731. The molecule has 90 valence electrons. The van der Waals surface area contributed by atoms with Crippen LogP contribution in [0.4, 0.5) is 0 Å². The second-order valence-corrected chi connectivity index (χ2v) is 3.62. The molecular weight excluding hydrogens is 206 g/mol. The van der Waals surface area contributed by atoms with Crippen LogP contribution in [0.3, 0.4) is 0 Å². The van der Waals surface area contributed by atoms with Crippen molar-refractivity contribution in [2.45, 2.75) is 46.0 Å². The van der Waals surface area contributed by atoms with Gasteiger partial charge in [-0.2, -0.15) is 5.26 Å². The molecule has 0 aliphatic heterocycles. The molecule has 5 nitrogen and oxygen atoms in total. The van der Waals surface area contributed by atoms with Gasteiger partial charge in [0.15, 0.2) is 0 Å². The number of amides is 2. The third kappa shape index (κ3) is 6.02. The maximum Gasteiger partial charge on any atom is 0.252 e. The Hall–Kier alpha value is -1.57. The second kappa shape index (κ2) is 8.72. The van der Waals surface area contributed by atoms with Crippen LogP contribution in [0.1, 0.15) is 46.0 Å². The van der Waals surface area contributed by atoms with Gasteiger partial charge in [-0.3, -0.25) is 20.4 Å². The number of hydrogen-bond acceptors (Lipinski definition) is 3. The molecule has 0 aromatic carbocycles. The highest BCUT2D eigenvalue weighted by atomic mass is 16.2. The number of nitriles is 1. The predicted molar refractivity (Wildman–Crippen MR) is 59.8 cm³/mol. The van der Waals surface area contributed by atoms with Crippen LogP contribution in [0.15, 0.2) is 0 Å². The molecule has 1 atom stereocenters. The Labute approximate surface area is 96.2 Å². The van der Waals surface area contributed by atoms with E-state index in [9.17, 15) is 9.59 Å². The lowest BCUT2D eigenvalue weighted by Gasteiger charge is -2.14. The summed E-state index contributed by atoms with van der Waals surface area (Å²) in [6, 6.07) is 1.71. The molecule has 0 spiro atoms. The topological polar surface area (TPSA) is 82.0 Å². The third-order valence-corrected chi connectivity index (χ3v) is 2.33. The molecule has 2 N–H and O–H groups in total. The van der Waals surface area contributed by atoms with Crippen molar-refractivity contribution in [1.29, 1.82) is 5.26 Å². The standard InChI is InChI=1S/C11H19N3O2/c1-3-5-6-9(4-2)11(16)14-13-10(15)7-8-12/h9H,3-7H2,1-2H3,(H,13,15)(H,14,16). The molecule has 5 heteroatoms. The van der Waals surface area contributed by atoms with Crippen LogP contribution in [-0.4, -0.2) is 11.8 Å². The molecule has 0 aliphatic carbocycles. The number of rotatable bonds is 6. The molecule has 2 amide bonds. The summed E-state index contributed by atoms with van der Waals surface area (Å²) in [7, 11) is 0. The Morgan fingerprint density at radius 2 is 2.00 bits per heavy atom. The second-order valence-electron chi connectivity index (χ2n) is 3.62. The van der Waals surface area contributed by atoms with Crippen molar-refractivity contribution in [1.82, 2.24) is 10.9 Å². The highest BCUT2D eigenvalue weighted by Crippen LogP contribution is 2.11. The molecule has 0 aliphatic rings. The molecule has 0 saturated carbocycles. The van der Waals surface area contributed by atoms with Crippen LogP contribution in [0.5, 0.6) is 0 Å². The number of nitrogens with one attached hydrogen (secondary N) is 2. The van der Waals surface area contributed by atoms with E-state index in [-0.39, 0.29) is 18.2 Å². The zero-order valence-corrected chi connectivity index (χ0v) is 9.88. The van der Waals surface area contributed by atoms with E-state index in [4.69, 9.17) is 5.26 Å². The number of carbonyl (C=O) groups is 2. The van der Waals surface area contributed by atoms with E-state index in [0.29, 0.717) is 0 Å². The van der Waals surface area contributed by atoms with Crippen LogP contribution in [0, 0.1) is 17.2 Å². The van der Waals surface area contributed by atoms with Crippen molar-refractivity contribution in [2.24, 2.45) is 5.92 Å². The lowest BCUT2D eigenvalue weighted by molar-refractivity contribution is -0.131. The van der Waals surface area contributed by atoms with E-state index in [1.54, 1.807) is 6.07 Å². The highest BCUT2D eigenvalue weighted by molar-refractivity contribution is 5.84. The van der Waals surface area contributed by atoms with Gasteiger partial charge in [-0.15, -0.1) is 0 Å². The highest BCUT2D eigenvalue weighted by Gasteiger charge is 2.15. The van der Waals surface area contributed by atoms with Crippen LogP contribution >= 0.6 is 0 Å². The van der Waals surface area contributed by atoms with E-state index in [2.05, 4.69) is 17.8 Å². The average Bonchev–Trinajstić information content (AvgIpc) is 2.28. The van der Waals surface area contributed by atoms with Gasteiger partial charge in [0, 0.05) is 5.92 Å². The molecule has 0 fully saturated rings. The zero-order valence-electron chi connectivity index (χ0n) is 9.88. The van der Waals surface area contributed by atoms with Gasteiger partial charge >= 0.3 is 0 Å². The molecular formula is C11H19N3O2. The maximum atomic E-state index is 11.6. The van der Waals surface area contributed by atoms with Gasteiger partial charge in [0.1, 0.15) is 6.42 Å². The van der Waals surface area contributed by atoms with Gasteiger partial charge in [0.05, 0.1) is 6.07 Å². The number of unbranched alkanes of at least 4 members (excludes halogenated alkanes) is 1. The van der Waals surface area contributed by atoms with Crippen molar-refractivity contribution in [3.8, 4) is 6.07 Å². The molecule has 1 unspecified atom stereocenters. The Balaban J connectivity index is 3.93. The number of hydrogen-bond donors (Lipinski definition) is 2. The van der Waals surface area contributed by atoms with Crippen LogP contribution in [0.2, 0.25) is 0 Å². The number of nitrogens with zero attached hydrogens (tertiary/aromatic N) is 1. The largest absolute Gasteiger partial charge is 0.273 e. The van der Waals surface area contributed by atoms with Crippen molar-refractivity contribution in [2.75, 3.05) is 0 Å². The quantitative estimate of drug-likeness (QED) is 0.668. The van der Waals surface area contributed by atoms with E-state index >= 15 is 0 Å². The van der Waals surface area contributed by atoms with E-state index in [1.165, 1.54) is 0 Å². The Bertz CT molecular complexity index is 271. The van der Waals surface area contributed by atoms with Gasteiger partial charge in [-0.25, -0.2) is 0 Å². The fourth-order valence-electron chi connectivity index (χ4n) is 1.32. The van der Waals surface area contributed by atoms with Crippen molar-refractivity contribution in [3.63, 3.8) is 0 Å². The smallest absolute Gasteiger partial charge is 0.252 e. The van der Waals surface area contributed by atoms with Crippen LogP contribution in [-0.2, 0) is 9.59 Å².